The quantitative estimate of drug-likeness (QED) is 0.610. The molecule has 4 rings (SSSR count). The van der Waals surface area contributed by atoms with Crippen molar-refractivity contribution in [2.24, 2.45) is 5.92 Å². The van der Waals surface area contributed by atoms with Gasteiger partial charge in [-0.1, -0.05) is 38.1 Å². The molecule has 33 heavy (non-hydrogen) atoms. The van der Waals surface area contributed by atoms with E-state index in [4.69, 9.17) is 18.9 Å². The third-order valence-corrected chi connectivity index (χ3v) is 5.89. The molecule has 2 aliphatic heterocycles. The van der Waals surface area contributed by atoms with E-state index in [0.29, 0.717) is 45.4 Å². The van der Waals surface area contributed by atoms with Crippen molar-refractivity contribution in [2.75, 3.05) is 46.6 Å². The summed E-state index contributed by atoms with van der Waals surface area (Å²) in [7, 11) is 1.69. The highest BCUT2D eigenvalue weighted by Gasteiger charge is 2.31. The Kier molecular flexibility index (Phi) is 7.73. The first kappa shape index (κ1) is 23.4. The van der Waals surface area contributed by atoms with E-state index in [-0.39, 0.29) is 5.91 Å². The maximum atomic E-state index is 13.5. The molecule has 1 saturated heterocycles. The van der Waals surface area contributed by atoms with Gasteiger partial charge in [0.2, 0.25) is 0 Å². The second-order valence-corrected chi connectivity index (χ2v) is 9.00. The standard InChI is InChI=1S/C26H34N2O5/c1-19(2)15-28(16-20-8-9-23-24(14-20)33-13-12-32-23)26(29)25-18-27(10-11-31-25)17-21-6-4-5-7-22(21)30-3/h4-9,14,19,25H,10-13,15-18H2,1-3H3/t25-/m1/s1. The first-order valence-corrected chi connectivity index (χ1v) is 11.7. The lowest BCUT2D eigenvalue weighted by Crippen LogP contribution is -2.51. The number of nitrogens with zero attached hydrogens (tertiary/aromatic N) is 2. The molecule has 0 N–H and O–H groups in total. The van der Waals surface area contributed by atoms with Crippen molar-refractivity contribution in [3.63, 3.8) is 0 Å². The fraction of sp³-hybridized carbons (Fsp3) is 0.500. The Balaban J connectivity index is 1.44. The van der Waals surface area contributed by atoms with Crippen molar-refractivity contribution in [1.29, 1.82) is 0 Å². The highest BCUT2D eigenvalue weighted by Crippen LogP contribution is 2.31. The minimum Gasteiger partial charge on any atom is -0.496 e. The molecule has 0 aromatic heterocycles. The predicted octanol–water partition coefficient (Wildman–Crippen LogP) is 3.35. The summed E-state index contributed by atoms with van der Waals surface area (Å²) in [5, 5.41) is 0. The molecule has 0 aliphatic carbocycles. The van der Waals surface area contributed by atoms with Gasteiger partial charge in [-0.2, -0.15) is 0 Å². The van der Waals surface area contributed by atoms with Crippen molar-refractivity contribution in [2.45, 2.75) is 33.0 Å². The Morgan fingerprint density at radius 1 is 1.12 bits per heavy atom. The maximum absolute atomic E-state index is 13.5. The number of fused-ring (bicyclic) bond motifs is 1. The fourth-order valence-corrected chi connectivity index (χ4v) is 4.35. The molecular weight excluding hydrogens is 420 g/mol. The highest BCUT2D eigenvalue weighted by atomic mass is 16.6. The third kappa shape index (κ3) is 5.97. The highest BCUT2D eigenvalue weighted by molar-refractivity contribution is 5.81. The summed E-state index contributed by atoms with van der Waals surface area (Å²) in [6.45, 7) is 9.15. The monoisotopic (exact) mass is 454 g/mol. The summed E-state index contributed by atoms with van der Waals surface area (Å²) in [6.07, 6.45) is -0.482. The van der Waals surface area contributed by atoms with E-state index >= 15 is 0 Å². The van der Waals surface area contributed by atoms with E-state index in [1.807, 2.05) is 41.3 Å². The Hall–Kier alpha value is -2.77. The van der Waals surface area contributed by atoms with Crippen molar-refractivity contribution in [1.82, 2.24) is 9.80 Å². The number of carbonyl (C=O) groups is 1. The van der Waals surface area contributed by atoms with Crippen LogP contribution in [0.4, 0.5) is 0 Å². The van der Waals surface area contributed by atoms with Crippen molar-refractivity contribution < 1.29 is 23.7 Å². The Morgan fingerprint density at radius 3 is 2.70 bits per heavy atom. The van der Waals surface area contributed by atoms with E-state index in [9.17, 15) is 4.79 Å². The zero-order valence-corrected chi connectivity index (χ0v) is 19.8. The summed E-state index contributed by atoms with van der Waals surface area (Å²) in [4.78, 5) is 17.7. The topological polar surface area (TPSA) is 60.5 Å². The number of hydrogen-bond acceptors (Lipinski definition) is 6. The second-order valence-electron chi connectivity index (χ2n) is 9.00. The number of ether oxygens (including phenoxy) is 4. The van der Waals surface area contributed by atoms with Gasteiger partial charge >= 0.3 is 0 Å². The molecule has 2 heterocycles. The Bertz CT molecular complexity index is 948. The molecule has 0 saturated carbocycles. The zero-order valence-electron chi connectivity index (χ0n) is 19.8. The molecule has 1 amide bonds. The average Bonchev–Trinajstić information content (AvgIpc) is 2.83. The summed E-state index contributed by atoms with van der Waals surface area (Å²) in [5.41, 5.74) is 2.14. The number of amides is 1. The maximum Gasteiger partial charge on any atom is 0.253 e. The van der Waals surface area contributed by atoms with Crippen LogP contribution in [-0.4, -0.2) is 68.4 Å². The molecule has 2 aromatic rings. The number of hydrogen-bond donors (Lipinski definition) is 0. The van der Waals surface area contributed by atoms with Crippen LogP contribution < -0.4 is 14.2 Å². The number of benzene rings is 2. The summed E-state index contributed by atoms with van der Waals surface area (Å²) >= 11 is 0. The van der Waals surface area contributed by atoms with Gasteiger partial charge in [0.15, 0.2) is 11.5 Å². The lowest BCUT2D eigenvalue weighted by Gasteiger charge is -2.36. The first-order valence-electron chi connectivity index (χ1n) is 11.7. The zero-order chi connectivity index (χ0) is 23.2. The van der Waals surface area contributed by atoms with Gasteiger partial charge in [-0.3, -0.25) is 9.69 Å². The molecule has 1 atom stereocenters. The van der Waals surface area contributed by atoms with Gasteiger partial charge in [-0.05, 0) is 29.7 Å². The van der Waals surface area contributed by atoms with Crippen LogP contribution in [-0.2, 0) is 22.6 Å². The largest absolute Gasteiger partial charge is 0.496 e. The van der Waals surface area contributed by atoms with Crippen molar-refractivity contribution >= 4 is 5.91 Å². The molecule has 0 spiro atoms. The van der Waals surface area contributed by atoms with Crippen LogP contribution >= 0.6 is 0 Å². The van der Waals surface area contributed by atoms with Gasteiger partial charge < -0.3 is 23.8 Å². The lowest BCUT2D eigenvalue weighted by atomic mass is 10.1. The van der Waals surface area contributed by atoms with Crippen LogP contribution in [0.15, 0.2) is 42.5 Å². The van der Waals surface area contributed by atoms with E-state index in [0.717, 1.165) is 41.5 Å². The lowest BCUT2D eigenvalue weighted by molar-refractivity contribution is -0.151. The van der Waals surface area contributed by atoms with Gasteiger partial charge in [0.25, 0.3) is 5.91 Å². The summed E-state index contributed by atoms with van der Waals surface area (Å²) in [5.74, 6) is 2.75. The van der Waals surface area contributed by atoms with E-state index in [2.05, 4.69) is 24.8 Å². The molecule has 0 unspecified atom stereocenters. The normalized spacial score (nSPS) is 18.2. The van der Waals surface area contributed by atoms with Crippen LogP contribution in [0.3, 0.4) is 0 Å². The summed E-state index contributed by atoms with van der Waals surface area (Å²) in [6, 6.07) is 13.9. The first-order chi connectivity index (χ1) is 16.0. The van der Waals surface area contributed by atoms with Crippen LogP contribution in [0, 0.1) is 5.92 Å². The number of methoxy groups -OCH3 is 1. The Labute approximate surface area is 196 Å². The SMILES string of the molecule is COc1ccccc1CN1CCO[C@@H](C(=O)N(Cc2ccc3c(c2)OCCO3)CC(C)C)C1. The fourth-order valence-electron chi connectivity index (χ4n) is 4.35. The van der Waals surface area contributed by atoms with Gasteiger partial charge in [0.1, 0.15) is 25.1 Å². The van der Waals surface area contributed by atoms with E-state index < -0.39 is 6.10 Å². The predicted molar refractivity (Wildman–Crippen MR) is 126 cm³/mol. The molecule has 178 valence electrons. The molecule has 7 heteroatoms. The van der Waals surface area contributed by atoms with Crippen LogP contribution in [0.5, 0.6) is 17.2 Å². The van der Waals surface area contributed by atoms with Gasteiger partial charge in [-0.25, -0.2) is 0 Å². The van der Waals surface area contributed by atoms with Gasteiger partial charge in [-0.15, -0.1) is 0 Å². The van der Waals surface area contributed by atoms with E-state index in [1.165, 1.54) is 0 Å². The van der Waals surface area contributed by atoms with E-state index in [1.54, 1.807) is 7.11 Å². The number of morpholine rings is 1. The van der Waals surface area contributed by atoms with Crippen LogP contribution in [0.1, 0.15) is 25.0 Å². The molecule has 2 aromatic carbocycles. The smallest absolute Gasteiger partial charge is 0.253 e. The minimum atomic E-state index is -0.482. The number of carbonyl (C=O) groups excluding carboxylic acids is 1. The summed E-state index contributed by atoms with van der Waals surface area (Å²) < 4.78 is 22.8. The molecule has 2 aliphatic rings. The molecule has 7 nitrogen and oxygen atoms in total. The van der Waals surface area contributed by atoms with Crippen LogP contribution in [0.25, 0.3) is 0 Å². The number of para-hydroxylation sites is 1. The van der Waals surface area contributed by atoms with Crippen molar-refractivity contribution in [3.8, 4) is 17.2 Å². The minimum absolute atomic E-state index is 0.0308. The Morgan fingerprint density at radius 2 is 1.91 bits per heavy atom. The molecule has 0 bridgehead atoms. The van der Waals surface area contributed by atoms with Crippen molar-refractivity contribution in [3.05, 3.63) is 53.6 Å². The van der Waals surface area contributed by atoms with Gasteiger partial charge in [0.05, 0.1) is 13.7 Å². The van der Waals surface area contributed by atoms with Crippen LogP contribution in [0.2, 0.25) is 0 Å². The molecule has 0 radical (unpaired) electrons. The van der Waals surface area contributed by atoms with Gasteiger partial charge in [0, 0.05) is 38.3 Å². The molecular formula is C26H34N2O5. The number of rotatable bonds is 8. The average molecular weight is 455 g/mol. The second kappa shape index (κ2) is 10.9. The third-order valence-electron chi connectivity index (χ3n) is 5.89. The molecule has 1 fully saturated rings.